The van der Waals surface area contributed by atoms with Crippen LogP contribution < -0.4 is 0 Å². The molecule has 1 aliphatic rings. The first kappa shape index (κ1) is 17.7. The quantitative estimate of drug-likeness (QED) is 0.634. The molecule has 3 aromatic heterocycles. The Balaban J connectivity index is 1.64. The minimum atomic E-state index is -0.698. The van der Waals surface area contributed by atoms with Crippen molar-refractivity contribution in [2.75, 3.05) is 6.54 Å². The number of pyridine rings is 1. The van der Waals surface area contributed by atoms with E-state index in [1.165, 1.54) is 17.2 Å². The summed E-state index contributed by atoms with van der Waals surface area (Å²) in [4.78, 5) is 35.2. The van der Waals surface area contributed by atoms with Crippen molar-refractivity contribution in [3.05, 3.63) is 84.3 Å². The van der Waals surface area contributed by atoms with E-state index in [-0.39, 0.29) is 11.3 Å². The van der Waals surface area contributed by atoms with E-state index in [0.717, 1.165) is 0 Å². The van der Waals surface area contributed by atoms with E-state index in [1.807, 2.05) is 10.8 Å². The SMILES string of the molecule is O=C(C1=C(O)C(=O)N(CCCn2ccnc2)[C@@H]1c1ccncc1)c1ccco1. The lowest BCUT2D eigenvalue weighted by Crippen LogP contribution is -2.32. The van der Waals surface area contributed by atoms with Gasteiger partial charge in [-0.15, -0.1) is 0 Å². The molecule has 4 rings (SSSR count). The molecule has 1 aliphatic heterocycles. The van der Waals surface area contributed by atoms with Gasteiger partial charge < -0.3 is 19.0 Å². The fourth-order valence-corrected chi connectivity index (χ4v) is 3.39. The van der Waals surface area contributed by atoms with Gasteiger partial charge in [0.15, 0.2) is 11.5 Å². The Bertz CT molecular complexity index is 994. The van der Waals surface area contributed by atoms with Crippen LogP contribution in [0.2, 0.25) is 0 Å². The van der Waals surface area contributed by atoms with Crippen molar-refractivity contribution in [3.63, 3.8) is 0 Å². The van der Waals surface area contributed by atoms with E-state index in [9.17, 15) is 14.7 Å². The van der Waals surface area contributed by atoms with Crippen LogP contribution in [-0.2, 0) is 11.3 Å². The lowest BCUT2D eigenvalue weighted by molar-refractivity contribution is -0.129. The second-order valence-electron chi connectivity index (χ2n) is 6.40. The van der Waals surface area contributed by atoms with Crippen molar-refractivity contribution >= 4 is 11.7 Å². The number of carbonyl (C=O) groups excluding carboxylic acids is 2. The molecule has 0 spiro atoms. The maximum absolute atomic E-state index is 12.9. The van der Waals surface area contributed by atoms with E-state index in [4.69, 9.17) is 4.42 Å². The molecule has 1 N–H and O–H groups in total. The number of furan rings is 1. The number of aromatic nitrogens is 3. The number of hydrogen-bond donors (Lipinski definition) is 1. The number of rotatable bonds is 7. The lowest BCUT2D eigenvalue weighted by Gasteiger charge is -2.26. The van der Waals surface area contributed by atoms with Crippen molar-refractivity contribution in [2.24, 2.45) is 0 Å². The van der Waals surface area contributed by atoms with E-state index < -0.39 is 23.5 Å². The average Bonchev–Trinajstić information content (AvgIpc) is 3.46. The van der Waals surface area contributed by atoms with Crippen molar-refractivity contribution in [1.29, 1.82) is 0 Å². The van der Waals surface area contributed by atoms with E-state index in [2.05, 4.69) is 9.97 Å². The molecule has 1 atom stereocenters. The van der Waals surface area contributed by atoms with Gasteiger partial charge in [0.1, 0.15) is 0 Å². The van der Waals surface area contributed by atoms with Crippen molar-refractivity contribution in [1.82, 2.24) is 19.4 Å². The van der Waals surface area contributed by atoms with Crippen LogP contribution in [0.4, 0.5) is 0 Å². The maximum Gasteiger partial charge on any atom is 0.290 e. The van der Waals surface area contributed by atoms with Crippen LogP contribution >= 0.6 is 0 Å². The molecule has 0 aliphatic carbocycles. The molecule has 4 heterocycles. The first-order chi connectivity index (χ1) is 13.7. The highest BCUT2D eigenvalue weighted by Crippen LogP contribution is 2.38. The molecule has 3 aromatic rings. The number of aryl methyl sites for hydroxylation is 1. The summed E-state index contributed by atoms with van der Waals surface area (Å²) in [5.74, 6) is -1.53. The number of nitrogens with zero attached hydrogens (tertiary/aromatic N) is 4. The zero-order valence-corrected chi connectivity index (χ0v) is 14.9. The van der Waals surface area contributed by atoms with Crippen molar-refractivity contribution in [2.45, 2.75) is 19.0 Å². The van der Waals surface area contributed by atoms with Gasteiger partial charge in [-0.05, 0) is 36.2 Å². The zero-order valence-electron chi connectivity index (χ0n) is 14.9. The molecule has 8 heteroatoms. The van der Waals surface area contributed by atoms with Crippen LogP contribution in [0, 0.1) is 0 Å². The fraction of sp³-hybridized carbons (Fsp3) is 0.200. The number of carbonyl (C=O) groups is 2. The summed E-state index contributed by atoms with van der Waals surface area (Å²) < 4.78 is 7.10. The van der Waals surface area contributed by atoms with E-state index >= 15 is 0 Å². The molecule has 1 amide bonds. The number of amides is 1. The van der Waals surface area contributed by atoms with Gasteiger partial charge in [0.05, 0.1) is 24.2 Å². The van der Waals surface area contributed by atoms with Crippen LogP contribution in [0.5, 0.6) is 0 Å². The largest absolute Gasteiger partial charge is 0.503 e. The summed E-state index contributed by atoms with van der Waals surface area (Å²) in [7, 11) is 0. The van der Waals surface area contributed by atoms with Crippen LogP contribution in [0.15, 0.2) is 77.4 Å². The van der Waals surface area contributed by atoms with Crippen LogP contribution in [0.1, 0.15) is 28.6 Å². The predicted molar refractivity (Wildman–Crippen MR) is 98.2 cm³/mol. The summed E-state index contributed by atoms with van der Waals surface area (Å²) in [6.45, 7) is 1.03. The number of imidazole rings is 1. The van der Waals surface area contributed by atoms with Gasteiger partial charge in [-0.25, -0.2) is 4.98 Å². The average molecular weight is 378 g/mol. The number of aliphatic hydroxyl groups excluding tert-OH is 1. The molecule has 28 heavy (non-hydrogen) atoms. The molecule has 8 nitrogen and oxygen atoms in total. The molecule has 0 saturated carbocycles. The molecule has 0 saturated heterocycles. The van der Waals surface area contributed by atoms with Crippen LogP contribution in [-0.4, -0.2) is 42.8 Å². The zero-order chi connectivity index (χ0) is 19.5. The molecule has 0 radical (unpaired) electrons. The number of aliphatic hydroxyl groups is 1. The second-order valence-corrected chi connectivity index (χ2v) is 6.40. The summed E-state index contributed by atoms with van der Waals surface area (Å²) in [6, 6.07) is 5.87. The van der Waals surface area contributed by atoms with E-state index in [1.54, 1.807) is 43.1 Å². The fourth-order valence-electron chi connectivity index (χ4n) is 3.39. The molecule has 0 bridgehead atoms. The minimum absolute atomic E-state index is 0.0220. The highest BCUT2D eigenvalue weighted by atomic mass is 16.3. The molecule has 0 fully saturated rings. The first-order valence-electron chi connectivity index (χ1n) is 8.85. The van der Waals surface area contributed by atoms with Crippen molar-refractivity contribution in [3.8, 4) is 0 Å². The molecular formula is C20H18N4O4. The Morgan fingerprint density at radius 2 is 1.96 bits per heavy atom. The van der Waals surface area contributed by atoms with Crippen molar-refractivity contribution < 1.29 is 19.1 Å². The lowest BCUT2D eigenvalue weighted by atomic mass is 9.96. The van der Waals surface area contributed by atoms with Gasteiger partial charge in [0, 0.05) is 37.9 Å². The Kier molecular flexibility index (Phi) is 4.76. The topological polar surface area (TPSA) is 101 Å². The number of Topliss-reactive ketones (excluding diaryl/α,β-unsaturated/α-hetero) is 1. The third-order valence-corrected chi connectivity index (χ3v) is 4.69. The maximum atomic E-state index is 12.9. The summed E-state index contributed by atoms with van der Waals surface area (Å²) in [6.07, 6.45) is 10.4. The smallest absolute Gasteiger partial charge is 0.290 e. The summed E-state index contributed by atoms with van der Waals surface area (Å²) in [5, 5.41) is 10.5. The second kappa shape index (κ2) is 7.51. The Hall–Kier alpha value is -3.68. The highest BCUT2D eigenvalue weighted by Gasteiger charge is 2.44. The minimum Gasteiger partial charge on any atom is -0.503 e. The predicted octanol–water partition coefficient (Wildman–Crippen LogP) is 2.54. The first-order valence-corrected chi connectivity index (χ1v) is 8.85. The third-order valence-electron chi connectivity index (χ3n) is 4.69. The normalized spacial score (nSPS) is 16.8. The van der Waals surface area contributed by atoms with Gasteiger partial charge in [0.2, 0.25) is 5.78 Å². The summed E-state index contributed by atoms with van der Waals surface area (Å²) >= 11 is 0. The molecule has 0 aromatic carbocycles. The highest BCUT2D eigenvalue weighted by molar-refractivity contribution is 6.14. The standard InChI is InChI=1S/C20H18N4O4/c25-18(15-3-1-12-28-15)16-17(14-4-6-21-7-5-14)24(20(27)19(16)26)10-2-9-23-11-8-22-13-23/h1,3-8,11-13,17,26H,2,9-10H2/t17-/m1/s1. The van der Waals surface area contributed by atoms with E-state index in [0.29, 0.717) is 25.1 Å². The summed E-state index contributed by atoms with van der Waals surface area (Å²) in [5.41, 5.74) is 0.721. The van der Waals surface area contributed by atoms with Gasteiger partial charge in [0.25, 0.3) is 5.91 Å². The van der Waals surface area contributed by atoms with Gasteiger partial charge >= 0.3 is 0 Å². The van der Waals surface area contributed by atoms with Crippen LogP contribution in [0.3, 0.4) is 0 Å². The third kappa shape index (κ3) is 3.20. The molecular weight excluding hydrogens is 360 g/mol. The van der Waals surface area contributed by atoms with Gasteiger partial charge in [-0.1, -0.05) is 0 Å². The number of ketones is 1. The monoisotopic (exact) mass is 378 g/mol. The Labute approximate surface area is 160 Å². The number of hydrogen-bond acceptors (Lipinski definition) is 6. The van der Waals surface area contributed by atoms with Crippen LogP contribution in [0.25, 0.3) is 0 Å². The molecule has 142 valence electrons. The van der Waals surface area contributed by atoms with Gasteiger partial charge in [-0.2, -0.15) is 0 Å². The Morgan fingerprint density at radius 3 is 2.64 bits per heavy atom. The Morgan fingerprint density at radius 1 is 1.14 bits per heavy atom. The van der Waals surface area contributed by atoms with Gasteiger partial charge in [-0.3, -0.25) is 14.6 Å². The molecule has 0 unspecified atom stereocenters.